The molecule has 0 bridgehead atoms. The number of rotatable bonds is 4. The van der Waals surface area contributed by atoms with Crippen molar-refractivity contribution < 1.29 is 21.6 Å². The maximum atomic E-state index is 12.9. The van der Waals surface area contributed by atoms with Crippen molar-refractivity contribution in [2.75, 3.05) is 24.6 Å². The van der Waals surface area contributed by atoms with E-state index in [0.717, 1.165) is 37.7 Å². The molecule has 0 aromatic carbocycles. The van der Waals surface area contributed by atoms with Gasteiger partial charge >= 0.3 is 6.18 Å². The van der Waals surface area contributed by atoms with E-state index in [1.54, 1.807) is 0 Å². The maximum Gasteiger partial charge on any atom is 0.433 e. The molecule has 1 spiro atoms. The molecule has 182 valence electrons. The molecule has 1 saturated carbocycles. The van der Waals surface area contributed by atoms with Crippen LogP contribution in [0.25, 0.3) is 11.3 Å². The first-order chi connectivity index (χ1) is 15.9. The Morgan fingerprint density at radius 2 is 1.97 bits per heavy atom. The van der Waals surface area contributed by atoms with Gasteiger partial charge < -0.3 is 0 Å². The summed E-state index contributed by atoms with van der Waals surface area (Å²) >= 11 is 0. The lowest BCUT2D eigenvalue weighted by Crippen LogP contribution is -2.50. The van der Waals surface area contributed by atoms with E-state index in [-0.39, 0.29) is 11.5 Å². The van der Waals surface area contributed by atoms with E-state index < -0.39 is 21.7 Å². The van der Waals surface area contributed by atoms with Gasteiger partial charge in [-0.05, 0) is 57.4 Å². The van der Waals surface area contributed by atoms with Crippen LogP contribution in [0.4, 0.5) is 13.2 Å². The van der Waals surface area contributed by atoms with Crippen molar-refractivity contribution in [2.24, 2.45) is 11.3 Å². The number of halogens is 3. The fourth-order valence-corrected chi connectivity index (χ4v) is 8.56. The van der Waals surface area contributed by atoms with Crippen molar-refractivity contribution in [3.05, 3.63) is 47.4 Å². The van der Waals surface area contributed by atoms with Gasteiger partial charge in [-0.1, -0.05) is 11.6 Å². The predicted molar refractivity (Wildman–Crippen MR) is 121 cm³/mol. The number of pyridine rings is 1. The molecule has 0 unspecified atom stereocenters. The third-order valence-corrected chi connectivity index (χ3v) is 9.98. The van der Waals surface area contributed by atoms with Crippen LogP contribution >= 0.6 is 0 Å². The Hall–Kier alpha value is -2.20. The molecule has 2 aromatic rings. The summed E-state index contributed by atoms with van der Waals surface area (Å²) in [4.78, 5) is 6.03. The van der Waals surface area contributed by atoms with Gasteiger partial charge in [0.2, 0.25) is 0 Å². The Bertz CT molecular complexity index is 1270. The summed E-state index contributed by atoms with van der Waals surface area (Å²) < 4.78 is 64.0. The lowest BCUT2D eigenvalue weighted by molar-refractivity contribution is -0.141. The molecule has 0 amide bonds. The summed E-state index contributed by atoms with van der Waals surface area (Å²) in [6.07, 6.45) is 1.14. The van der Waals surface area contributed by atoms with Crippen molar-refractivity contribution in [2.45, 2.75) is 50.9 Å². The van der Waals surface area contributed by atoms with Crippen LogP contribution in [0.1, 0.15) is 50.0 Å². The molecule has 6 rings (SSSR count). The highest BCUT2D eigenvalue weighted by molar-refractivity contribution is 7.92. The molecule has 3 atom stereocenters. The number of hydrogen-bond donors (Lipinski definition) is 0. The van der Waals surface area contributed by atoms with Gasteiger partial charge in [0.05, 0.1) is 17.2 Å². The molecule has 6 nitrogen and oxygen atoms in total. The Balaban J connectivity index is 1.20. The molecule has 0 radical (unpaired) electrons. The fourth-order valence-electron chi connectivity index (χ4n) is 6.31. The van der Waals surface area contributed by atoms with Gasteiger partial charge in [-0.25, -0.2) is 8.42 Å². The first kappa shape index (κ1) is 22.3. The van der Waals surface area contributed by atoms with Crippen LogP contribution in [0.2, 0.25) is 0 Å². The van der Waals surface area contributed by atoms with E-state index in [2.05, 4.69) is 29.8 Å². The van der Waals surface area contributed by atoms with Gasteiger partial charge in [-0.3, -0.25) is 14.6 Å². The van der Waals surface area contributed by atoms with Crippen LogP contribution < -0.4 is 0 Å². The van der Waals surface area contributed by atoms with Gasteiger partial charge in [0.15, 0.2) is 9.84 Å². The van der Waals surface area contributed by atoms with Crippen LogP contribution in [0, 0.1) is 11.3 Å². The lowest BCUT2D eigenvalue weighted by atomic mass is 9.91. The van der Waals surface area contributed by atoms with Crippen LogP contribution in [0.5, 0.6) is 0 Å². The van der Waals surface area contributed by atoms with Crippen molar-refractivity contribution >= 4 is 9.84 Å². The van der Waals surface area contributed by atoms with E-state index in [9.17, 15) is 21.6 Å². The van der Waals surface area contributed by atoms with Gasteiger partial charge in [-0.15, -0.1) is 0 Å². The molecule has 34 heavy (non-hydrogen) atoms. The molecule has 2 aliphatic heterocycles. The monoisotopic (exact) mass is 492 g/mol. The van der Waals surface area contributed by atoms with Crippen molar-refractivity contribution in [1.29, 1.82) is 0 Å². The summed E-state index contributed by atoms with van der Waals surface area (Å²) in [5, 5.41) is 4.71. The summed E-state index contributed by atoms with van der Waals surface area (Å²) in [6, 6.07) is 4.92. The topological polar surface area (TPSA) is 68.1 Å². The molecule has 2 saturated heterocycles. The largest absolute Gasteiger partial charge is 0.433 e. The minimum atomic E-state index is -4.46. The number of likely N-dealkylation sites (tertiary alicyclic amines) is 1. The number of allylic oxidation sites excluding steroid dienone is 1. The highest BCUT2D eigenvalue weighted by Gasteiger charge is 2.56. The molecular formula is C24H27F3N4O2S. The standard InChI is InChI=1S/C24H27F3N4O2S/c1-14(2)31-20(9-19(29-31)15-3-4-21(28-10-15)24(25,26)27)22-17-7-16(8-18(17)22)30-6-5-23(11-30)12-34(32,33)13-23/h3-4,7,9-10,14,16,18,22H,5-6,8,11-13H2,1-2H3/t16-,18-,22-/m1/s1. The average Bonchev–Trinajstić information content (AvgIpc) is 3.18. The molecule has 3 fully saturated rings. The minimum Gasteiger partial charge on any atom is -0.296 e. The first-order valence-electron chi connectivity index (χ1n) is 11.7. The van der Waals surface area contributed by atoms with Crippen molar-refractivity contribution in [3.63, 3.8) is 0 Å². The summed E-state index contributed by atoms with van der Waals surface area (Å²) in [5.74, 6) is 1.42. The number of fused-ring (bicyclic) bond motifs is 1. The van der Waals surface area contributed by atoms with E-state index >= 15 is 0 Å². The van der Waals surface area contributed by atoms with E-state index in [1.807, 2.05) is 10.7 Å². The molecule has 0 N–H and O–H groups in total. The predicted octanol–water partition coefficient (Wildman–Crippen LogP) is 4.08. The SMILES string of the molecule is CC(C)n1nc(-c2ccc(C(F)(F)F)nc2)cc1[C@@H]1C2=C[C@@H](N3CCC4(C3)CS(=O)(=O)C4)C[C@H]21. The molecule has 4 heterocycles. The number of alkyl halides is 3. The van der Waals surface area contributed by atoms with Crippen LogP contribution in [0.3, 0.4) is 0 Å². The van der Waals surface area contributed by atoms with E-state index in [0.29, 0.717) is 40.6 Å². The van der Waals surface area contributed by atoms with Gasteiger partial charge in [-0.2, -0.15) is 18.3 Å². The lowest BCUT2D eigenvalue weighted by Gasteiger charge is -2.38. The second kappa shape index (κ2) is 7.16. The Morgan fingerprint density at radius 1 is 1.21 bits per heavy atom. The Labute approximate surface area is 196 Å². The molecule has 10 heteroatoms. The van der Waals surface area contributed by atoms with Gasteiger partial charge in [0.1, 0.15) is 5.69 Å². The molecule has 4 aliphatic rings. The molecule has 2 aliphatic carbocycles. The zero-order chi connectivity index (χ0) is 24.0. The van der Waals surface area contributed by atoms with Crippen molar-refractivity contribution in [1.82, 2.24) is 19.7 Å². The van der Waals surface area contributed by atoms with Crippen LogP contribution in [0.15, 0.2) is 36.0 Å². The molecule has 2 aromatic heterocycles. The fraction of sp³-hybridized carbons (Fsp3) is 0.583. The summed E-state index contributed by atoms with van der Waals surface area (Å²) in [6.45, 7) is 5.93. The third kappa shape index (κ3) is 3.61. The zero-order valence-electron chi connectivity index (χ0n) is 19.1. The van der Waals surface area contributed by atoms with Gasteiger partial charge in [0, 0.05) is 47.4 Å². The normalized spacial score (nSPS) is 29.4. The number of aromatic nitrogens is 3. The average molecular weight is 493 g/mol. The van der Waals surface area contributed by atoms with Crippen LogP contribution in [-0.4, -0.2) is 58.7 Å². The number of sulfone groups is 1. The Morgan fingerprint density at radius 3 is 2.53 bits per heavy atom. The van der Waals surface area contributed by atoms with Crippen molar-refractivity contribution in [3.8, 4) is 11.3 Å². The third-order valence-electron chi connectivity index (χ3n) is 7.87. The number of nitrogens with zero attached hydrogens (tertiary/aromatic N) is 4. The first-order valence-corrected chi connectivity index (χ1v) is 13.6. The Kier molecular flexibility index (Phi) is 4.69. The zero-order valence-corrected chi connectivity index (χ0v) is 19.9. The van der Waals surface area contributed by atoms with E-state index in [4.69, 9.17) is 5.10 Å². The van der Waals surface area contributed by atoms with Crippen LogP contribution in [-0.2, 0) is 16.0 Å². The summed E-state index contributed by atoms with van der Waals surface area (Å²) in [7, 11) is -2.82. The summed E-state index contributed by atoms with van der Waals surface area (Å²) in [5.41, 5.74) is 2.79. The molecular weight excluding hydrogens is 465 g/mol. The highest BCUT2D eigenvalue weighted by Crippen LogP contribution is 2.61. The second-order valence-electron chi connectivity index (χ2n) is 10.7. The highest BCUT2D eigenvalue weighted by atomic mass is 32.2. The second-order valence-corrected chi connectivity index (χ2v) is 12.8. The quantitative estimate of drug-likeness (QED) is 0.602. The maximum absolute atomic E-state index is 12.9. The smallest absolute Gasteiger partial charge is 0.296 e. The number of hydrogen-bond acceptors (Lipinski definition) is 5. The minimum absolute atomic E-state index is 0.0234. The van der Waals surface area contributed by atoms with Gasteiger partial charge in [0.25, 0.3) is 0 Å². The van der Waals surface area contributed by atoms with E-state index in [1.165, 1.54) is 17.8 Å².